The van der Waals surface area contributed by atoms with Gasteiger partial charge in [0, 0.05) is 33.6 Å². The van der Waals surface area contributed by atoms with Gasteiger partial charge in [0.2, 0.25) is 5.91 Å². The fourth-order valence-corrected chi connectivity index (χ4v) is 1.84. The Morgan fingerprint density at radius 2 is 2.26 bits per heavy atom. The molecule has 0 spiro atoms. The number of hydrogen-bond donors (Lipinski definition) is 2. The van der Waals surface area contributed by atoms with Gasteiger partial charge in [-0.25, -0.2) is 0 Å². The Labute approximate surface area is 110 Å². The highest BCUT2D eigenvalue weighted by Gasteiger charge is 2.11. The van der Waals surface area contributed by atoms with E-state index in [0.717, 1.165) is 12.1 Å². The van der Waals surface area contributed by atoms with Gasteiger partial charge in [-0.15, -0.1) is 0 Å². The average Bonchev–Trinajstić information content (AvgIpc) is 2.83. The van der Waals surface area contributed by atoms with Crippen LogP contribution in [0.1, 0.15) is 18.9 Å². The summed E-state index contributed by atoms with van der Waals surface area (Å²) in [7, 11) is 3.52. The predicted molar refractivity (Wildman–Crippen MR) is 73.3 cm³/mol. The molecule has 2 heterocycles. The van der Waals surface area contributed by atoms with Crippen molar-refractivity contribution in [1.29, 1.82) is 0 Å². The smallest absolute Gasteiger partial charge is 0.276 e. The maximum atomic E-state index is 11.9. The lowest BCUT2D eigenvalue weighted by Gasteiger charge is -2.07. The van der Waals surface area contributed by atoms with Crippen molar-refractivity contribution in [2.75, 3.05) is 12.4 Å². The topological polar surface area (TPSA) is 70.1 Å². The molecule has 1 aromatic heterocycles. The van der Waals surface area contributed by atoms with Gasteiger partial charge >= 0.3 is 0 Å². The molecular formula is C13H16N4O2. The van der Waals surface area contributed by atoms with E-state index in [1.807, 2.05) is 24.2 Å². The third kappa shape index (κ3) is 2.69. The summed E-state index contributed by atoms with van der Waals surface area (Å²) in [5.41, 5.74) is 4.25. The number of carbonyl (C=O) groups is 1. The molecule has 0 bridgehead atoms. The molecular weight excluding hydrogens is 244 g/mol. The maximum absolute atomic E-state index is 11.9. The molecule has 19 heavy (non-hydrogen) atoms. The summed E-state index contributed by atoms with van der Waals surface area (Å²) in [6, 6.07) is 0. The summed E-state index contributed by atoms with van der Waals surface area (Å²) in [5, 5.41) is 5.39. The van der Waals surface area contributed by atoms with Gasteiger partial charge in [0.15, 0.2) is 0 Å². The predicted octanol–water partition coefficient (Wildman–Crippen LogP) is 1.02. The van der Waals surface area contributed by atoms with Gasteiger partial charge < -0.3 is 10.2 Å². The fourth-order valence-electron chi connectivity index (χ4n) is 1.84. The van der Waals surface area contributed by atoms with E-state index in [4.69, 9.17) is 0 Å². The number of amides is 1. The van der Waals surface area contributed by atoms with Crippen molar-refractivity contribution in [1.82, 2.24) is 14.7 Å². The molecule has 0 fully saturated rings. The number of H-pyrrole nitrogens is 1. The first-order valence-corrected chi connectivity index (χ1v) is 5.90. The first-order valence-electron chi connectivity index (χ1n) is 5.90. The molecule has 1 amide bonds. The minimum absolute atomic E-state index is 0.203. The Morgan fingerprint density at radius 1 is 1.53 bits per heavy atom. The number of allylic oxidation sites excluding steroid dienone is 1. The van der Waals surface area contributed by atoms with Crippen LogP contribution >= 0.6 is 0 Å². The molecule has 0 radical (unpaired) electrons. The summed E-state index contributed by atoms with van der Waals surface area (Å²) >= 11 is 0. The molecule has 0 aliphatic carbocycles. The molecule has 1 aliphatic rings. The molecule has 100 valence electrons. The molecule has 0 aromatic carbocycles. The van der Waals surface area contributed by atoms with Crippen molar-refractivity contribution in [3.05, 3.63) is 39.6 Å². The van der Waals surface area contributed by atoms with E-state index in [9.17, 15) is 9.59 Å². The number of aromatic amines is 1. The molecule has 0 saturated carbocycles. The third-order valence-corrected chi connectivity index (χ3v) is 2.83. The molecule has 6 nitrogen and oxygen atoms in total. The third-order valence-electron chi connectivity index (χ3n) is 2.83. The summed E-state index contributed by atoms with van der Waals surface area (Å²) in [6.45, 7) is 1.39. The van der Waals surface area contributed by atoms with Gasteiger partial charge in [0.1, 0.15) is 5.82 Å². The zero-order valence-corrected chi connectivity index (χ0v) is 11.2. The van der Waals surface area contributed by atoms with Crippen LogP contribution in [-0.4, -0.2) is 27.6 Å². The normalized spacial score (nSPS) is 13.6. The van der Waals surface area contributed by atoms with E-state index in [2.05, 4.69) is 16.1 Å². The van der Waals surface area contributed by atoms with Crippen molar-refractivity contribution >= 4 is 17.8 Å². The van der Waals surface area contributed by atoms with Crippen LogP contribution in [0.2, 0.25) is 0 Å². The van der Waals surface area contributed by atoms with Crippen LogP contribution in [0.25, 0.3) is 6.08 Å². The van der Waals surface area contributed by atoms with Gasteiger partial charge in [-0.05, 0) is 6.08 Å². The van der Waals surface area contributed by atoms with Crippen LogP contribution < -0.4 is 10.9 Å². The second-order valence-electron chi connectivity index (χ2n) is 4.38. The van der Waals surface area contributed by atoms with E-state index < -0.39 is 0 Å². The van der Waals surface area contributed by atoms with Crippen molar-refractivity contribution < 1.29 is 4.79 Å². The maximum Gasteiger partial charge on any atom is 0.276 e. The Kier molecular flexibility index (Phi) is 3.44. The zero-order valence-electron chi connectivity index (χ0n) is 11.2. The van der Waals surface area contributed by atoms with Crippen molar-refractivity contribution in [2.45, 2.75) is 13.3 Å². The molecule has 0 saturated heterocycles. The SMILES string of the molecule is CC(=O)Nc1[nH]n(C)c(=O)c1C=C=C1CC=CN1C. The lowest BCUT2D eigenvalue weighted by Crippen LogP contribution is -2.13. The Balaban J connectivity index is 2.42. The lowest BCUT2D eigenvalue weighted by molar-refractivity contribution is -0.114. The second kappa shape index (κ2) is 5.04. The number of nitrogens with one attached hydrogen (secondary N) is 2. The standard InChI is InChI=1S/C13H16N4O2/c1-9(18)14-12-11(13(19)17(3)15-12)7-6-10-5-4-8-16(10)2/h4,7-8,15H,5H2,1-3H3,(H,14,18). The van der Waals surface area contributed by atoms with E-state index >= 15 is 0 Å². The van der Waals surface area contributed by atoms with Crippen molar-refractivity contribution in [3.8, 4) is 0 Å². The van der Waals surface area contributed by atoms with Crippen LogP contribution in [0.5, 0.6) is 0 Å². The first-order chi connectivity index (χ1) is 8.99. The van der Waals surface area contributed by atoms with Crippen LogP contribution in [0.4, 0.5) is 5.82 Å². The van der Waals surface area contributed by atoms with Crippen LogP contribution in [0, 0.1) is 0 Å². The minimum atomic E-state index is -0.233. The summed E-state index contributed by atoms with van der Waals surface area (Å²) < 4.78 is 1.32. The molecule has 0 unspecified atom stereocenters. The second-order valence-corrected chi connectivity index (χ2v) is 4.38. The molecule has 1 aliphatic heterocycles. The Morgan fingerprint density at radius 3 is 2.84 bits per heavy atom. The summed E-state index contributed by atoms with van der Waals surface area (Å²) in [4.78, 5) is 25.0. The van der Waals surface area contributed by atoms with Crippen molar-refractivity contribution in [3.63, 3.8) is 0 Å². The number of anilines is 1. The van der Waals surface area contributed by atoms with E-state index in [1.54, 1.807) is 13.1 Å². The first kappa shape index (κ1) is 13.0. The highest BCUT2D eigenvalue weighted by Crippen LogP contribution is 2.16. The number of rotatable bonds is 2. The number of aromatic nitrogens is 2. The average molecular weight is 260 g/mol. The number of aryl methyl sites for hydroxylation is 1. The van der Waals surface area contributed by atoms with E-state index in [1.165, 1.54) is 11.6 Å². The van der Waals surface area contributed by atoms with Gasteiger partial charge in [-0.2, -0.15) is 0 Å². The van der Waals surface area contributed by atoms with Gasteiger partial charge in [0.05, 0.1) is 11.3 Å². The molecule has 0 atom stereocenters. The molecule has 1 aromatic rings. The number of hydrogen-bond acceptors (Lipinski definition) is 3. The lowest BCUT2D eigenvalue weighted by atomic mass is 10.2. The van der Waals surface area contributed by atoms with Crippen LogP contribution in [0.3, 0.4) is 0 Å². The van der Waals surface area contributed by atoms with Gasteiger partial charge in [0.25, 0.3) is 5.56 Å². The molecule has 2 rings (SSSR count). The Hall–Kier alpha value is -2.46. The Bertz CT molecular complexity index is 657. The van der Waals surface area contributed by atoms with Gasteiger partial charge in [-0.3, -0.25) is 19.4 Å². The molecule has 2 N–H and O–H groups in total. The number of nitrogens with zero attached hydrogens (tertiary/aromatic N) is 2. The van der Waals surface area contributed by atoms with Crippen LogP contribution in [0.15, 0.2) is 28.5 Å². The fraction of sp³-hybridized carbons (Fsp3) is 0.308. The summed E-state index contributed by atoms with van der Waals surface area (Å²) in [5.74, 6) is 0.158. The van der Waals surface area contributed by atoms with E-state index in [-0.39, 0.29) is 11.5 Å². The molecule has 6 heteroatoms. The number of carbonyl (C=O) groups excluding carboxylic acids is 1. The van der Waals surface area contributed by atoms with Gasteiger partial charge in [-0.1, -0.05) is 11.8 Å². The van der Waals surface area contributed by atoms with Crippen LogP contribution in [-0.2, 0) is 11.8 Å². The van der Waals surface area contributed by atoms with E-state index in [0.29, 0.717) is 11.4 Å². The minimum Gasteiger partial charge on any atom is -0.348 e. The largest absolute Gasteiger partial charge is 0.348 e. The zero-order chi connectivity index (χ0) is 14.0. The quantitative estimate of drug-likeness (QED) is 0.780. The highest BCUT2D eigenvalue weighted by molar-refractivity contribution is 5.89. The monoisotopic (exact) mass is 260 g/mol. The summed E-state index contributed by atoms with van der Waals surface area (Å²) in [6.07, 6.45) is 6.34. The highest BCUT2D eigenvalue weighted by atomic mass is 16.2. The van der Waals surface area contributed by atoms with Crippen molar-refractivity contribution in [2.24, 2.45) is 7.05 Å².